The summed E-state index contributed by atoms with van der Waals surface area (Å²) >= 11 is 0. The topological polar surface area (TPSA) is 57.3 Å². The standard InChI is InChI=1S/C20H30N4O3.2ClH/c1-21-12-20(25)24-6-2-3-17(14-24)23-9-7-22(8-10-23)13-16-4-5-18-19(11-16)27-15-26-18;;/h4-5,11,17,21H,2-3,6-10,12-15H2,1H3;2*1H. The quantitative estimate of drug-likeness (QED) is 0.740. The highest BCUT2D eigenvalue weighted by Crippen LogP contribution is 2.33. The number of piperidine rings is 1. The number of hydrogen-bond acceptors (Lipinski definition) is 6. The second-order valence-electron chi connectivity index (χ2n) is 7.67. The minimum atomic E-state index is 0. The van der Waals surface area contributed by atoms with E-state index in [2.05, 4.69) is 27.2 Å². The molecule has 9 heteroatoms. The molecule has 0 aliphatic carbocycles. The molecule has 1 N–H and O–H groups in total. The molecule has 3 heterocycles. The lowest BCUT2D eigenvalue weighted by molar-refractivity contribution is -0.132. The SMILES string of the molecule is CNCC(=O)N1CCCC(N2CCN(Cc3ccc4c(c3)OCO4)CC2)C1.Cl.Cl. The minimum Gasteiger partial charge on any atom is -0.454 e. The molecular formula is C20H32Cl2N4O3. The number of rotatable bonds is 5. The second-order valence-corrected chi connectivity index (χ2v) is 7.67. The van der Waals surface area contributed by atoms with Gasteiger partial charge in [-0.3, -0.25) is 14.6 Å². The van der Waals surface area contributed by atoms with Crippen LogP contribution >= 0.6 is 24.8 Å². The van der Waals surface area contributed by atoms with E-state index >= 15 is 0 Å². The molecule has 0 saturated carbocycles. The van der Waals surface area contributed by atoms with E-state index in [1.54, 1.807) is 0 Å². The summed E-state index contributed by atoms with van der Waals surface area (Å²) in [6, 6.07) is 6.74. The van der Waals surface area contributed by atoms with Crippen LogP contribution in [0.4, 0.5) is 0 Å². The number of benzene rings is 1. The first-order chi connectivity index (χ1) is 13.2. The molecule has 1 amide bonds. The predicted octanol–water partition coefficient (Wildman–Crippen LogP) is 1.59. The Morgan fingerprint density at radius 3 is 2.62 bits per heavy atom. The van der Waals surface area contributed by atoms with Crippen molar-refractivity contribution < 1.29 is 14.3 Å². The van der Waals surface area contributed by atoms with Gasteiger partial charge in [-0.15, -0.1) is 24.8 Å². The number of likely N-dealkylation sites (tertiary alicyclic amines) is 1. The van der Waals surface area contributed by atoms with Crippen molar-refractivity contribution in [3.8, 4) is 11.5 Å². The molecule has 0 radical (unpaired) electrons. The molecule has 7 nitrogen and oxygen atoms in total. The number of halogens is 2. The van der Waals surface area contributed by atoms with Gasteiger partial charge in [-0.25, -0.2) is 0 Å². The molecule has 3 aliphatic heterocycles. The Balaban J connectivity index is 0.00000150. The molecule has 1 aromatic carbocycles. The third-order valence-corrected chi connectivity index (χ3v) is 5.84. The summed E-state index contributed by atoms with van der Waals surface area (Å²) in [5.41, 5.74) is 1.27. The summed E-state index contributed by atoms with van der Waals surface area (Å²) in [5.74, 6) is 1.93. The fraction of sp³-hybridized carbons (Fsp3) is 0.650. The van der Waals surface area contributed by atoms with Crippen molar-refractivity contribution in [2.45, 2.75) is 25.4 Å². The van der Waals surface area contributed by atoms with E-state index in [4.69, 9.17) is 9.47 Å². The van der Waals surface area contributed by atoms with Crippen LogP contribution in [0.1, 0.15) is 18.4 Å². The van der Waals surface area contributed by atoms with Crippen LogP contribution in [0, 0.1) is 0 Å². The fourth-order valence-electron chi connectivity index (χ4n) is 4.33. The Labute approximate surface area is 185 Å². The van der Waals surface area contributed by atoms with Crippen molar-refractivity contribution in [2.75, 3.05) is 59.7 Å². The van der Waals surface area contributed by atoms with Crippen LogP contribution in [-0.2, 0) is 11.3 Å². The zero-order valence-corrected chi connectivity index (χ0v) is 18.6. The summed E-state index contributed by atoms with van der Waals surface area (Å²) in [4.78, 5) is 19.3. The summed E-state index contributed by atoms with van der Waals surface area (Å²) in [7, 11) is 1.83. The number of amides is 1. The first-order valence-corrected chi connectivity index (χ1v) is 10.0. The summed E-state index contributed by atoms with van der Waals surface area (Å²) in [6.07, 6.45) is 2.31. The van der Waals surface area contributed by atoms with Gasteiger partial charge in [-0.05, 0) is 37.6 Å². The van der Waals surface area contributed by atoms with Crippen LogP contribution in [0.5, 0.6) is 11.5 Å². The first-order valence-electron chi connectivity index (χ1n) is 10.0. The molecule has 1 aromatic rings. The highest BCUT2D eigenvalue weighted by atomic mass is 35.5. The number of nitrogens with one attached hydrogen (secondary N) is 1. The van der Waals surface area contributed by atoms with Gasteiger partial charge >= 0.3 is 0 Å². The van der Waals surface area contributed by atoms with E-state index in [9.17, 15) is 4.79 Å². The van der Waals surface area contributed by atoms with E-state index in [0.717, 1.165) is 63.7 Å². The van der Waals surface area contributed by atoms with Crippen molar-refractivity contribution in [3.63, 3.8) is 0 Å². The number of likely N-dealkylation sites (N-methyl/N-ethyl adjacent to an activating group) is 1. The molecule has 2 saturated heterocycles. The maximum Gasteiger partial charge on any atom is 0.236 e. The molecule has 0 spiro atoms. The summed E-state index contributed by atoms with van der Waals surface area (Å²) in [5, 5.41) is 2.98. The number of fused-ring (bicyclic) bond motifs is 1. The smallest absolute Gasteiger partial charge is 0.236 e. The van der Waals surface area contributed by atoms with Gasteiger partial charge in [-0.2, -0.15) is 0 Å². The van der Waals surface area contributed by atoms with Gasteiger partial charge in [0.05, 0.1) is 6.54 Å². The Hall–Kier alpha value is -1.25. The molecule has 1 unspecified atom stereocenters. The van der Waals surface area contributed by atoms with E-state index in [1.807, 2.05) is 18.0 Å². The maximum absolute atomic E-state index is 12.2. The number of hydrogen-bond donors (Lipinski definition) is 1. The normalized spacial score (nSPS) is 22.0. The van der Waals surface area contributed by atoms with Crippen molar-refractivity contribution in [3.05, 3.63) is 23.8 Å². The molecule has 29 heavy (non-hydrogen) atoms. The zero-order valence-electron chi connectivity index (χ0n) is 17.0. The third kappa shape index (κ3) is 5.89. The molecule has 4 rings (SSSR count). The van der Waals surface area contributed by atoms with E-state index in [-0.39, 0.29) is 30.7 Å². The third-order valence-electron chi connectivity index (χ3n) is 5.84. The molecule has 3 aliphatic rings. The average Bonchev–Trinajstić information content (AvgIpc) is 3.17. The monoisotopic (exact) mass is 446 g/mol. The van der Waals surface area contributed by atoms with Crippen molar-refractivity contribution >= 4 is 30.7 Å². The highest BCUT2D eigenvalue weighted by molar-refractivity contribution is 5.85. The molecule has 2 fully saturated rings. The zero-order chi connectivity index (χ0) is 18.6. The van der Waals surface area contributed by atoms with Crippen molar-refractivity contribution in [1.29, 1.82) is 0 Å². The molecular weight excluding hydrogens is 415 g/mol. The minimum absolute atomic E-state index is 0. The number of nitrogens with zero attached hydrogens (tertiary/aromatic N) is 3. The lowest BCUT2D eigenvalue weighted by Crippen LogP contribution is -2.56. The van der Waals surface area contributed by atoms with E-state index in [1.165, 1.54) is 12.0 Å². The molecule has 0 bridgehead atoms. The van der Waals surface area contributed by atoms with Gasteiger partial charge in [0.15, 0.2) is 11.5 Å². The summed E-state index contributed by atoms with van der Waals surface area (Å²) in [6.45, 7) is 7.77. The lowest BCUT2D eigenvalue weighted by atomic mass is 10.0. The first kappa shape index (κ1) is 24.0. The number of carbonyl (C=O) groups is 1. The fourth-order valence-corrected chi connectivity index (χ4v) is 4.33. The van der Waals surface area contributed by atoms with Crippen molar-refractivity contribution in [1.82, 2.24) is 20.0 Å². The van der Waals surface area contributed by atoms with Gasteiger partial charge in [0, 0.05) is 51.9 Å². The van der Waals surface area contributed by atoms with Crippen LogP contribution < -0.4 is 14.8 Å². The number of ether oxygens (including phenoxy) is 2. The lowest BCUT2D eigenvalue weighted by Gasteiger charge is -2.43. The van der Waals surface area contributed by atoms with Gasteiger partial charge in [0.1, 0.15) is 0 Å². The highest BCUT2D eigenvalue weighted by Gasteiger charge is 2.29. The summed E-state index contributed by atoms with van der Waals surface area (Å²) < 4.78 is 10.9. The maximum atomic E-state index is 12.2. The van der Waals surface area contributed by atoms with E-state index < -0.39 is 0 Å². The van der Waals surface area contributed by atoms with Crippen LogP contribution in [0.2, 0.25) is 0 Å². The average molecular weight is 447 g/mol. The van der Waals surface area contributed by atoms with Crippen LogP contribution in [-0.4, -0.2) is 86.3 Å². The van der Waals surface area contributed by atoms with Crippen LogP contribution in [0.25, 0.3) is 0 Å². The van der Waals surface area contributed by atoms with E-state index in [0.29, 0.717) is 19.4 Å². The Morgan fingerprint density at radius 1 is 1.10 bits per heavy atom. The van der Waals surface area contributed by atoms with Gasteiger partial charge in [0.2, 0.25) is 12.7 Å². The Kier molecular flexibility index (Phi) is 9.30. The largest absolute Gasteiger partial charge is 0.454 e. The molecule has 164 valence electrons. The molecule has 0 aromatic heterocycles. The van der Waals surface area contributed by atoms with Crippen LogP contribution in [0.3, 0.4) is 0 Å². The Morgan fingerprint density at radius 2 is 1.86 bits per heavy atom. The number of piperazine rings is 1. The second kappa shape index (κ2) is 11.2. The van der Waals surface area contributed by atoms with Gasteiger partial charge in [-0.1, -0.05) is 6.07 Å². The van der Waals surface area contributed by atoms with Crippen LogP contribution in [0.15, 0.2) is 18.2 Å². The van der Waals surface area contributed by atoms with Crippen molar-refractivity contribution in [2.24, 2.45) is 0 Å². The predicted molar refractivity (Wildman–Crippen MR) is 117 cm³/mol. The molecule has 1 atom stereocenters. The van der Waals surface area contributed by atoms with Gasteiger partial charge < -0.3 is 19.7 Å². The number of carbonyl (C=O) groups excluding carboxylic acids is 1. The van der Waals surface area contributed by atoms with Gasteiger partial charge in [0.25, 0.3) is 0 Å². The Bertz CT molecular complexity index is 671.